The van der Waals surface area contributed by atoms with Crippen molar-refractivity contribution in [2.75, 3.05) is 44.3 Å². The van der Waals surface area contributed by atoms with Gasteiger partial charge >= 0.3 is 0 Å². The summed E-state index contributed by atoms with van der Waals surface area (Å²) in [5.74, 6) is 1.64. The number of para-hydroxylation sites is 3. The Morgan fingerprint density at radius 3 is 2.16 bits per heavy atom. The van der Waals surface area contributed by atoms with E-state index < -0.39 is 0 Å². The normalized spacial score (nSPS) is 13.7. The van der Waals surface area contributed by atoms with Gasteiger partial charge in [-0.3, -0.25) is 4.79 Å². The second-order valence-corrected chi connectivity index (χ2v) is 7.42. The number of benzene rings is 3. The third-order valence-corrected chi connectivity index (χ3v) is 5.46. The van der Waals surface area contributed by atoms with Crippen molar-refractivity contribution in [2.24, 2.45) is 0 Å². The van der Waals surface area contributed by atoms with Gasteiger partial charge in [0.25, 0.3) is 5.91 Å². The van der Waals surface area contributed by atoms with Crippen molar-refractivity contribution in [3.8, 4) is 22.6 Å². The van der Waals surface area contributed by atoms with E-state index in [9.17, 15) is 4.79 Å². The average Bonchev–Trinajstić information content (AvgIpc) is 2.84. The van der Waals surface area contributed by atoms with Crippen LogP contribution in [0.2, 0.25) is 0 Å². The molecule has 5 heteroatoms. The molecular weight excluding hydrogens is 388 g/mol. The Bertz CT molecular complexity index is 998. The van der Waals surface area contributed by atoms with Crippen molar-refractivity contribution >= 4 is 11.6 Å². The number of amides is 1. The number of carbonyl (C=O) groups is 1. The summed E-state index contributed by atoms with van der Waals surface area (Å²) in [6, 6.07) is 26.0. The van der Waals surface area contributed by atoms with Crippen LogP contribution < -0.4 is 14.4 Å². The second kappa shape index (κ2) is 10.0. The van der Waals surface area contributed by atoms with Crippen LogP contribution in [-0.4, -0.2) is 50.2 Å². The summed E-state index contributed by atoms with van der Waals surface area (Å²) < 4.78 is 11.7. The summed E-state index contributed by atoms with van der Waals surface area (Å²) in [4.78, 5) is 16.9. The quantitative estimate of drug-likeness (QED) is 0.570. The standard InChI is InChI=1S/C26H28N2O3/c1-2-30-25-15-9-7-13-23(25)27-16-18-28(19-17-27)26(29)20-31-24-14-8-6-12-22(24)21-10-4-3-5-11-21/h3-15H,2,16-20H2,1H3. The second-order valence-electron chi connectivity index (χ2n) is 7.42. The number of carbonyl (C=O) groups excluding carboxylic acids is 1. The number of anilines is 1. The predicted molar refractivity (Wildman–Crippen MR) is 124 cm³/mol. The highest BCUT2D eigenvalue weighted by Crippen LogP contribution is 2.30. The number of hydrogen-bond donors (Lipinski definition) is 0. The van der Waals surface area contributed by atoms with Gasteiger partial charge in [-0.2, -0.15) is 0 Å². The zero-order chi connectivity index (χ0) is 21.5. The smallest absolute Gasteiger partial charge is 0.260 e. The van der Waals surface area contributed by atoms with Crippen molar-refractivity contribution < 1.29 is 14.3 Å². The lowest BCUT2D eigenvalue weighted by atomic mass is 10.1. The molecule has 0 saturated carbocycles. The van der Waals surface area contributed by atoms with Gasteiger partial charge in [0, 0.05) is 31.7 Å². The third kappa shape index (κ3) is 5.00. The largest absolute Gasteiger partial charge is 0.492 e. The van der Waals surface area contributed by atoms with Gasteiger partial charge in [-0.15, -0.1) is 0 Å². The number of nitrogens with zero attached hydrogens (tertiary/aromatic N) is 2. The van der Waals surface area contributed by atoms with E-state index in [-0.39, 0.29) is 12.5 Å². The molecule has 1 heterocycles. The van der Waals surface area contributed by atoms with Crippen LogP contribution in [0.4, 0.5) is 5.69 Å². The van der Waals surface area contributed by atoms with Gasteiger partial charge in [-0.25, -0.2) is 0 Å². The maximum Gasteiger partial charge on any atom is 0.260 e. The highest BCUT2D eigenvalue weighted by Gasteiger charge is 2.23. The van der Waals surface area contributed by atoms with E-state index in [0.717, 1.165) is 41.4 Å². The lowest BCUT2D eigenvalue weighted by molar-refractivity contribution is -0.133. The molecule has 0 atom stereocenters. The summed E-state index contributed by atoms with van der Waals surface area (Å²) in [5.41, 5.74) is 3.16. The molecule has 31 heavy (non-hydrogen) atoms. The fourth-order valence-corrected chi connectivity index (χ4v) is 3.87. The first-order chi connectivity index (χ1) is 15.3. The molecule has 0 unspecified atom stereocenters. The Hall–Kier alpha value is -3.47. The molecule has 0 radical (unpaired) electrons. The highest BCUT2D eigenvalue weighted by molar-refractivity contribution is 5.79. The van der Waals surface area contributed by atoms with Crippen LogP contribution in [0.3, 0.4) is 0 Å². The number of piperazine rings is 1. The van der Waals surface area contributed by atoms with Crippen LogP contribution in [0, 0.1) is 0 Å². The van der Waals surface area contributed by atoms with Gasteiger partial charge in [0.05, 0.1) is 12.3 Å². The van der Waals surface area contributed by atoms with E-state index in [2.05, 4.69) is 11.0 Å². The molecule has 3 aromatic rings. The van der Waals surface area contributed by atoms with E-state index in [4.69, 9.17) is 9.47 Å². The van der Waals surface area contributed by atoms with Crippen LogP contribution in [0.5, 0.6) is 11.5 Å². The van der Waals surface area contributed by atoms with Crippen LogP contribution >= 0.6 is 0 Å². The lowest BCUT2D eigenvalue weighted by Crippen LogP contribution is -2.50. The van der Waals surface area contributed by atoms with Crippen LogP contribution in [0.25, 0.3) is 11.1 Å². The van der Waals surface area contributed by atoms with E-state index in [1.54, 1.807) is 0 Å². The minimum atomic E-state index is 0.0145. The summed E-state index contributed by atoms with van der Waals surface area (Å²) in [6.45, 7) is 5.55. The van der Waals surface area contributed by atoms with Gasteiger partial charge in [0.15, 0.2) is 6.61 Å². The summed E-state index contributed by atoms with van der Waals surface area (Å²) in [7, 11) is 0. The zero-order valence-electron chi connectivity index (χ0n) is 17.9. The molecule has 4 rings (SSSR count). The molecule has 1 aliphatic rings. The minimum Gasteiger partial charge on any atom is -0.492 e. The van der Waals surface area contributed by atoms with Crippen molar-refractivity contribution in [3.05, 3.63) is 78.9 Å². The van der Waals surface area contributed by atoms with Crippen molar-refractivity contribution in [2.45, 2.75) is 6.92 Å². The SMILES string of the molecule is CCOc1ccccc1N1CCN(C(=O)COc2ccccc2-c2ccccc2)CC1. The van der Waals surface area contributed by atoms with Crippen LogP contribution in [0.1, 0.15) is 6.92 Å². The van der Waals surface area contributed by atoms with Crippen molar-refractivity contribution in [1.82, 2.24) is 4.90 Å². The fraction of sp³-hybridized carbons (Fsp3) is 0.269. The topological polar surface area (TPSA) is 42.0 Å². The maximum atomic E-state index is 12.8. The fourth-order valence-electron chi connectivity index (χ4n) is 3.87. The summed E-state index contributed by atoms with van der Waals surface area (Å²) >= 11 is 0. The number of ether oxygens (including phenoxy) is 2. The highest BCUT2D eigenvalue weighted by atomic mass is 16.5. The molecule has 1 fully saturated rings. The van der Waals surface area contributed by atoms with Gasteiger partial charge in [0.2, 0.25) is 0 Å². The Kier molecular flexibility index (Phi) is 6.72. The number of rotatable bonds is 7. The summed E-state index contributed by atoms with van der Waals surface area (Å²) in [5, 5.41) is 0. The first-order valence-corrected chi connectivity index (χ1v) is 10.8. The molecule has 1 aliphatic heterocycles. The maximum absolute atomic E-state index is 12.8. The molecule has 5 nitrogen and oxygen atoms in total. The van der Waals surface area contributed by atoms with Gasteiger partial charge in [0.1, 0.15) is 11.5 Å². The van der Waals surface area contributed by atoms with Crippen molar-refractivity contribution in [3.63, 3.8) is 0 Å². The lowest BCUT2D eigenvalue weighted by Gasteiger charge is -2.36. The molecule has 0 spiro atoms. The molecule has 1 amide bonds. The predicted octanol–water partition coefficient (Wildman–Crippen LogP) is 4.48. The first kappa shape index (κ1) is 20.8. The molecule has 0 N–H and O–H groups in total. The monoisotopic (exact) mass is 416 g/mol. The minimum absolute atomic E-state index is 0.0145. The molecule has 0 bridgehead atoms. The third-order valence-electron chi connectivity index (χ3n) is 5.46. The molecular formula is C26H28N2O3. The van der Waals surface area contributed by atoms with E-state index in [1.807, 2.05) is 84.6 Å². The number of hydrogen-bond acceptors (Lipinski definition) is 4. The summed E-state index contributed by atoms with van der Waals surface area (Å²) in [6.07, 6.45) is 0. The van der Waals surface area contributed by atoms with Gasteiger partial charge in [-0.05, 0) is 30.7 Å². The Morgan fingerprint density at radius 2 is 1.42 bits per heavy atom. The zero-order valence-corrected chi connectivity index (χ0v) is 17.9. The average molecular weight is 417 g/mol. The molecule has 3 aromatic carbocycles. The Balaban J connectivity index is 1.35. The van der Waals surface area contributed by atoms with Crippen LogP contribution in [-0.2, 0) is 4.79 Å². The van der Waals surface area contributed by atoms with Gasteiger partial charge in [-0.1, -0.05) is 60.7 Å². The van der Waals surface area contributed by atoms with E-state index in [0.29, 0.717) is 19.7 Å². The van der Waals surface area contributed by atoms with E-state index >= 15 is 0 Å². The first-order valence-electron chi connectivity index (χ1n) is 10.8. The Morgan fingerprint density at radius 1 is 0.774 bits per heavy atom. The van der Waals surface area contributed by atoms with Gasteiger partial charge < -0.3 is 19.3 Å². The molecule has 0 aromatic heterocycles. The molecule has 1 saturated heterocycles. The molecule has 0 aliphatic carbocycles. The Labute approximate surface area is 183 Å². The van der Waals surface area contributed by atoms with E-state index in [1.165, 1.54) is 0 Å². The van der Waals surface area contributed by atoms with Crippen LogP contribution in [0.15, 0.2) is 78.9 Å². The molecule has 160 valence electrons. The van der Waals surface area contributed by atoms with Crippen molar-refractivity contribution in [1.29, 1.82) is 0 Å².